The number of para-hydroxylation sites is 1. The van der Waals surface area contributed by atoms with E-state index in [9.17, 15) is 23.1 Å². The summed E-state index contributed by atoms with van der Waals surface area (Å²) in [4.78, 5) is 17.8. The second-order valence-electron chi connectivity index (χ2n) is 7.15. The van der Waals surface area contributed by atoms with Crippen LogP contribution in [0.1, 0.15) is 16.8 Å². The maximum atomic E-state index is 13.6. The molecule has 1 saturated heterocycles. The molecule has 0 saturated carbocycles. The van der Waals surface area contributed by atoms with Crippen molar-refractivity contribution in [2.45, 2.75) is 18.3 Å². The van der Waals surface area contributed by atoms with Crippen molar-refractivity contribution >= 4 is 16.8 Å². The molecule has 2 N–H and O–H groups in total. The highest BCUT2D eigenvalue weighted by atomic mass is 19.4. The minimum Gasteiger partial charge on any atom is -0.497 e. The zero-order chi connectivity index (χ0) is 22.4. The Kier molecular flexibility index (Phi) is 4.85. The highest BCUT2D eigenvalue weighted by molar-refractivity contribution is 6.07. The molecule has 4 rings (SSSR count). The minimum absolute atomic E-state index is 0.0479. The van der Waals surface area contributed by atoms with Crippen LogP contribution in [0.5, 0.6) is 5.75 Å². The van der Waals surface area contributed by atoms with Gasteiger partial charge in [-0.1, -0.05) is 36.9 Å². The molecule has 0 radical (unpaired) electrons. The molecule has 1 amide bonds. The number of aliphatic hydroxyl groups is 1. The van der Waals surface area contributed by atoms with Gasteiger partial charge in [0.25, 0.3) is 11.6 Å². The van der Waals surface area contributed by atoms with Crippen LogP contribution in [0.25, 0.3) is 22.2 Å². The van der Waals surface area contributed by atoms with Crippen molar-refractivity contribution in [3.05, 3.63) is 72.4 Å². The molecule has 9 heteroatoms. The van der Waals surface area contributed by atoms with Crippen LogP contribution in [-0.2, 0) is 0 Å². The standard InChI is InChI=1S/C22H18F3N3O3/c1-13-12-21(30,22(23,24)25)28(27-13)20(29)17-11-19(14-6-5-7-15(10-14)31-2)26-18-9-4-3-8-16(17)18/h3-11,27,30H,1,12H2,2H3. The molecule has 0 bridgehead atoms. The van der Waals surface area contributed by atoms with Crippen molar-refractivity contribution in [2.24, 2.45) is 0 Å². The average molecular weight is 429 g/mol. The molecule has 1 aliphatic rings. The van der Waals surface area contributed by atoms with E-state index in [4.69, 9.17) is 4.74 Å². The topological polar surface area (TPSA) is 74.7 Å². The van der Waals surface area contributed by atoms with Gasteiger partial charge in [0, 0.05) is 23.1 Å². The molecule has 1 aliphatic heterocycles. The minimum atomic E-state index is -5.09. The number of rotatable bonds is 3. The predicted octanol–water partition coefficient (Wildman–Crippen LogP) is 4.03. The number of carbonyl (C=O) groups is 1. The molecule has 1 unspecified atom stereocenters. The molecule has 6 nitrogen and oxygen atoms in total. The Labute approximate surface area is 175 Å². The second-order valence-corrected chi connectivity index (χ2v) is 7.15. The fraction of sp³-hybridized carbons (Fsp3) is 0.182. The number of methoxy groups -OCH3 is 1. The smallest absolute Gasteiger partial charge is 0.438 e. The average Bonchev–Trinajstić information content (AvgIpc) is 3.07. The Morgan fingerprint density at radius 2 is 1.97 bits per heavy atom. The lowest BCUT2D eigenvalue weighted by atomic mass is 10.0. The number of hydrazine groups is 1. The fourth-order valence-corrected chi connectivity index (χ4v) is 3.52. The van der Waals surface area contributed by atoms with E-state index < -0.39 is 24.2 Å². The number of hydrogen-bond donors (Lipinski definition) is 2. The lowest BCUT2D eigenvalue weighted by Gasteiger charge is -2.33. The van der Waals surface area contributed by atoms with Crippen molar-refractivity contribution in [2.75, 3.05) is 7.11 Å². The summed E-state index contributed by atoms with van der Waals surface area (Å²) in [6, 6.07) is 14.9. The maximum absolute atomic E-state index is 13.6. The number of pyridine rings is 1. The number of halogens is 3. The Morgan fingerprint density at radius 1 is 1.23 bits per heavy atom. The van der Waals surface area contributed by atoms with Crippen molar-refractivity contribution in [1.82, 2.24) is 15.4 Å². The van der Waals surface area contributed by atoms with Crippen molar-refractivity contribution in [3.63, 3.8) is 0 Å². The van der Waals surface area contributed by atoms with Crippen LogP contribution >= 0.6 is 0 Å². The molecule has 2 heterocycles. The predicted molar refractivity (Wildman–Crippen MR) is 108 cm³/mol. The molecule has 0 spiro atoms. The summed E-state index contributed by atoms with van der Waals surface area (Å²) >= 11 is 0. The maximum Gasteiger partial charge on any atom is 0.438 e. The van der Waals surface area contributed by atoms with Crippen molar-refractivity contribution < 1.29 is 27.8 Å². The first-order valence-electron chi connectivity index (χ1n) is 9.26. The number of hydrogen-bond acceptors (Lipinski definition) is 5. The first-order chi connectivity index (χ1) is 14.6. The van der Waals surface area contributed by atoms with Crippen LogP contribution < -0.4 is 10.2 Å². The van der Waals surface area contributed by atoms with Crippen LogP contribution in [0.2, 0.25) is 0 Å². The number of ether oxygens (including phenoxy) is 1. The number of carbonyl (C=O) groups excluding carboxylic acids is 1. The summed E-state index contributed by atoms with van der Waals surface area (Å²) in [5.41, 5.74) is 0.0832. The normalized spacial score (nSPS) is 18.9. The van der Waals surface area contributed by atoms with Crippen LogP contribution in [0.4, 0.5) is 13.2 Å². The van der Waals surface area contributed by atoms with Crippen LogP contribution in [-0.4, -0.2) is 40.0 Å². The zero-order valence-electron chi connectivity index (χ0n) is 16.4. The molecular weight excluding hydrogens is 411 g/mol. The summed E-state index contributed by atoms with van der Waals surface area (Å²) in [7, 11) is 1.51. The van der Waals surface area contributed by atoms with Gasteiger partial charge in [-0.2, -0.15) is 13.2 Å². The number of benzene rings is 2. The first-order valence-corrected chi connectivity index (χ1v) is 9.26. The van der Waals surface area contributed by atoms with Gasteiger partial charge in [-0.05, 0) is 24.3 Å². The molecule has 160 valence electrons. The van der Waals surface area contributed by atoms with E-state index in [1.54, 1.807) is 48.5 Å². The van der Waals surface area contributed by atoms with Gasteiger partial charge in [0.05, 0.1) is 23.9 Å². The number of nitrogens with one attached hydrogen (secondary N) is 1. The molecular formula is C22H18F3N3O3. The van der Waals surface area contributed by atoms with Gasteiger partial charge in [-0.3, -0.25) is 10.2 Å². The lowest BCUT2D eigenvalue weighted by Crippen LogP contribution is -2.59. The fourth-order valence-electron chi connectivity index (χ4n) is 3.52. The number of alkyl halides is 3. The molecule has 0 aliphatic carbocycles. The number of amides is 1. The quantitative estimate of drug-likeness (QED) is 0.658. The van der Waals surface area contributed by atoms with Crippen LogP contribution in [0, 0.1) is 0 Å². The molecule has 1 fully saturated rings. The van der Waals surface area contributed by atoms with Gasteiger partial charge < -0.3 is 9.84 Å². The van der Waals surface area contributed by atoms with E-state index in [1.807, 2.05) is 0 Å². The summed E-state index contributed by atoms with van der Waals surface area (Å²) in [6.45, 7) is 3.44. The SMILES string of the molecule is C=C1CC(O)(C(F)(F)F)N(C(=O)c2cc(-c3cccc(OC)c3)nc3ccccc23)N1. The highest BCUT2D eigenvalue weighted by Gasteiger charge is 2.63. The van der Waals surface area contributed by atoms with Gasteiger partial charge in [0.15, 0.2) is 0 Å². The Bertz CT molecular complexity index is 1200. The lowest BCUT2D eigenvalue weighted by molar-refractivity contribution is -0.299. The van der Waals surface area contributed by atoms with Gasteiger partial charge in [-0.25, -0.2) is 9.99 Å². The summed E-state index contributed by atoms with van der Waals surface area (Å²) < 4.78 is 46.1. The number of aromatic nitrogens is 1. The van der Waals surface area contributed by atoms with Crippen molar-refractivity contribution in [1.29, 1.82) is 0 Å². The van der Waals surface area contributed by atoms with Gasteiger partial charge >= 0.3 is 6.18 Å². The van der Waals surface area contributed by atoms with Crippen LogP contribution in [0.3, 0.4) is 0 Å². The summed E-state index contributed by atoms with van der Waals surface area (Å²) in [6.07, 6.45) is -5.96. The second kappa shape index (κ2) is 7.28. The molecule has 1 aromatic heterocycles. The third kappa shape index (κ3) is 3.46. The highest BCUT2D eigenvalue weighted by Crippen LogP contribution is 2.41. The zero-order valence-corrected chi connectivity index (χ0v) is 16.4. The molecule has 3 aromatic rings. The van der Waals surface area contributed by atoms with E-state index in [-0.39, 0.29) is 16.3 Å². The third-order valence-corrected chi connectivity index (χ3v) is 5.07. The van der Waals surface area contributed by atoms with Gasteiger partial charge in [0.2, 0.25) is 0 Å². The Balaban J connectivity index is 1.88. The summed E-state index contributed by atoms with van der Waals surface area (Å²) in [5.74, 6) is -0.495. The molecule has 1 atom stereocenters. The first kappa shape index (κ1) is 20.7. The Hall–Kier alpha value is -3.59. The van der Waals surface area contributed by atoms with E-state index >= 15 is 0 Å². The monoisotopic (exact) mass is 429 g/mol. The van der Waals surface area contributed by atoms with E-state index in [2.05, 4.69) is 17.0 Å². The van der Waals surface area contributed by atoms with E-state index in [0.29, 0.717) is 27.9 Å². The number of nitrogens with zero attached hydrogens (tertiary/aromatic N) is 2. The Morgan fingerprint density at radius 3 is 2.68 bits per heavy atom. The molecule has 31 heavy (non-hydrogen) atoms. The van der Waals surface area contributed by atoms with Gasteiger partial charge in [-0.15, -0.1) is 0 Å². The number of fused-ring (bicyclic) bond motifs is 1. The largest absolute Gasteiger partial charge is 0.497 e. The van der Waals surface area contributed by atoms with E-state index in [0.717, 1.165) is 0 Å². The van der Waals surface area contributed by atoms with Crippen molar-refractivity contribution in [3.8, 4) is 17.0 Å². The third-order valence-electron chi connectivity index (χ3n) is 5.07. The van der Waals surface area contributed by atoms with Gasteiger partial charge in [0.1, 0.15) is 5.75 Å². The van der Waals surface area contributed by atoms with Crippen LogP contribution in [0.15, 0.2) is 66.9 Å². The summed E-state index contributed by atoms with van der Waals surface area (Å²) in [5, 5.41) is 10.9. The molecule has 2 aromatic carbocycles. The van der Waals surface area contributed by atoms with E-state index in [1.165, 1.54) is 13.2 Å².